The Balaban J connectivity index is 2.21. The maximum Gasteiger partial charge on any atom is -0.0216 e. The Bertz CT molecular complexity index is 190. The molecule has 0 atom stereocenters. The van der Waals surface area contributed by atoms with Gasteiger partial charge in [-0.25, -0.2) is 0 Å². The minimum atomic E-state index is 0.959. The van der Waals surface area contributed by atoms with Crippen LogP contribution >= 0.6 is 0 Å². The van der Waals surface area contributed by atoms with Gasteiger partial charge in [0.05, 0.1) is 0 Å². The molecule has 1 saturated carbocycles. The van der Waals surface area contributed by atoms with Crippen molar-refractivity contribution in [2.75, 3.05) is 0 Å². The van der Waals surface area contributed by atoms with Crippen molar-refractivity contribution < 1.29 is 0 Å². The molecule has 14 heavy (non-hydrogen) atoms. The molecule has 0 saturated heterocycles. The van der Waals surface area contributed by atoms with Gasteiger partial charge in [0.2, 0.25) is 0 Å². The zero-order valence-corrected chi connectivity index (χ0v) is 9.65. The molecule has 0 spiro atoms. The smallest absolute Gasteiger partial charge is 0.0216 e. The Morgan fingerprint density at radius 2 is 2.00 bits per heavy atom. The van der Waals surface area contributed by atoms with E-state index < -0.39 is 0 Å². The van der Waals surface area contributed by atoms with Gasteiger partial charge in [0.25, 0.3) is 0 Å². The predicted molar refractivity (Wildman–Crippen MR) is 63.4 cm³/mol. The molecular weight excluding hydrogens is 168 g/mol. The van der Waals surface area contributed by atoms with E-state index in [0.717, 1.165) is 5.92 Å². The fraction of sp³-hybridized carbons (Fsp3) is 0.786. The van der Waals surface area contributed by atoms with Gasteiger partial charge < -0.3 is 0 Å². The van der Waals surface area contributed by atoms with Crippen LogP contribution in [0.2, 0.25) is 0 Å². The highest BCUT2D eigenvalue weighted by Gasteiger charge is 2.15. The third-order valence-corrected chi connectivity index (χ3v) is 3.34. The van der Waals surface area contributed by atoms with Crippen LogP contribution in [0.1, 0.15) is 64.7 Å². The summed E-state index contributed by atoms with van der Waals surface area (Å²) in [5, 5.41) is 0. The van der Waals surface area contributed by atoms with Crippen LogP contribution in [0.15, 0.2) is 17.9 Å². The molecule has 0 aromatic heterocycles. The van der Waals surface area contributed by atoms with Gasteiger partial charge in [0, 0.05) is 0 Å². The summed E-state index contributed by atoms with van der Waals surface area (Å²) in [6, 6.07) is 0. The highest BCUT2D eigenvalue weighted by atomic mass is 14.2. The molecule has 0 heteroatoms. The normalized spacial score (nSPS) is 16.9. The molecule has 80 valence electrons. The zero-order chi connectivity index (χ0) is 10.2. The molecule has 1 aliphatic rings. The second kappa shape index (κ2) is 6.90. The van der Waals surface area contributed by atoms with E-state index in [4.69, 9.17) is 0 Å². The van der Waals surface area contributed by atoms with Crippen molar-refractivity contribution >= 4 is 0 Å². The van der Waals surface area contributed by atoms with E-state index in [-0.39, 0.29) is 0 Å². The lowest BCUT2D eigenvalue weighted by Gasteiger charge is -2.10. The van der Waals surface area contributed by atoms with Crippen LogP contribution in [0, 0.1) is 5.92 Å². The summed E-state index contributed by atoms with van der Waals surface area (Å²) in [6.07, 6.45) is 12.3. The minimum absolute atomic E-state index is 0.959. The molecule has 0 N–H and O–H groups in total. The highest BCUT2D eigenvalue weighted by Crippen LogP contribution is 2.31. The largest absolute Gasteiger partial charge is 0.130 e. The second-order valence-electron chi connectivity index (χ2n) is 4.59. The summed E-state index contributed by atoms with van der Waals surface area (Å²) in [5.74, 6) is 0.959. The molecule has 0 amide bonds. The Morgan fingerprint density at radius 1 is 1.29 bits per heavy atom. The summed E-state index contributed by atoms with van der Waals surface area (Å²) in [7, 11) is 0. The van der Waals surface area contributed by atoms with E-state index >= 15 is 0 Å². The Labute approximate surface area is 89.1 Å². The average molecular weight is 192 g/mol. The summed E-state index contributed by atoms with van der Waals surface area (Å²) in [5.41, 5.74) is 4.65. The quantitative estimate of drug-likeness (QED) is 0.416. The van der Waals surface area contributed by atoms with Crippen LogP contribution in [-0.2, 0) is 0 Å². The van der Waals surface area contributed by atoms with Gasteiger partial charge in [-0.1, -0.05) is 52.0 Å². The van der Waals surface area contributed by atoms with Gasteiger partial charge in [-0.3, -0.25) is 0 Å². The standard InChI is InChI=1S/C14H24/c1-3-5-6-9-13(4-2)12-14-10-7-8-11-14/h14H,2-3,5-12H2,1H3. The van der Waals surface area contributed by atoms with Crippen molar-refractivity contribution in [1.29, 1.82) is 0 Å². The number of unbranched alkanes of at least 4 members (excludes halogenated alkanes) is 2. The van der Waals surface area contributed by atoms with E-state index in [2.05, 4.69) is 19.2 Å². The number of allylic oxidation sites excluding steroid dienone is 1. The topological polar surface area (TPSA) is 0 Å². The molecule has 1 fully saturated rings. The first-order chi connectivity index (χ1) is 6.86. The van der Waals surface area contributed by atoms with Gasteiger partial charge in [0.15, 0.2) is 0 Å². The van der Waals surface area contributed by atoms with Crippen molar-refractivity contribution in [2.24, 2.45) is 5.92 Å². The predicted octanol–water partition coefficient (Wildman–Crippen LogP) is 4.86. The molecule has 0 aliphatic heterocycles. The third kappa shape index (κ3) is 4.15. The Hall–Kier alpha value is -0.480. The number of rotatable bonds is 6. The fourth-order valence-corrected chi connectivity index (χ4v) is 2.41. The van der Waals surface area contributed by atoms with Gasteiger partial charge >= 0.3 is 0 Å². The maximum atomic E-state index is 3.82. The van der Waals surface area contributed by atoms with E-state index in [9.17, 15) is 0 Å². The van der Waals surface area contributed by atoms with Crippen LogP contribution in [0.5, 0.6) is 0 Å². The molecule has 0 heterocycles. The van der Waals surface area contributed by atoms with Crippen molar-refractivity contribution in [3.63, 3.8) is 0 Å². The molecular formula is C14H24. The summed E-state index contributed by atoms with van der Waals surface area (Å²) < 4.78 is 0. The second-order valence-corrected chi connectivity index (χ2v) is 4.59. The molecule has 1 rings (SSSR count). The van der Waals surface area contributed by atoms with E-state index in [1.165, 1.54) is 63.4 Å². The van der Waals surface area contributed by atoms with E-state index in [1.807, 2.05) is 0 Å². The van der Waals surface area contributed by atoms with E-state index in [0.29, 0.717) is 0 Å². The molecule has 1 aliphatic carbocycles. The minimum Gasteiger partial charge on any atom is -0.130 e. The van der Waals surface area contributed by atoms with Gasteiger partial charge in [0.1, 0.15) is 0 Å². The SMILES string of the molecule is C=C=C(CCCCC)CC1CCCC1. The van der Waals surface area contributed by atoms with Crippen LogP contribution < -0.4 is 0 Å². The maximum absolute atomic E-state index is 3.82. The van der Waals surface area contributed by atoms with Crippen LogP contribution in [0.3, 0.4) is 0 Å². The average Bonchev–Trinajstić information content (AvgIpc) is 2.69. The molecule has 0 radical (unpaired) electrons. The van der Waals surface area contributed by atoms with Crippen molar-refractivity contribution in [2.45, 2.75) is 64.7 Å². The third-order valence-electron chi connectivity index (χ3n) is 3.34. The van der Waals surface area contributed by atoms with E-state index in [1.54, 1.807) is 0 Å². The first-order valence-corrected chi connectivity index (χ1v) is 6.24. The fourth-order valence-electron chi connectivity index (χ4n) is 2.41. The lowest BCUT2D eigenvalue weighted by molar-refractivity contribution is 0.529. The van der Waals surface area contributed by atoms with Crippen LogP contribution in [-0.4, -0.2) is 0 Å². The Kier molecular flexibility index (Phi) is 5.71. The Morgan fingerprint density at radius 3 is 2.57 bits per heavy atom. The zero-order valence-electron chi connectivity index (χ0n) is 9.65. The van der Waals surface area contributed by atoms with Gasteiger partial charge in [-0.05, 0) is 30.8 Å². The first kappa shape index (κ1) is 11.6. The number of hydrogen-bond donors (Lipinski definition) is 0. The first-order valence-electron chi connectivity index (χ1n) is 6.24. The summed E-state index contributed by atoms with van der Waals surface area (Å²) >= 11 is 0. The lowest BCUT2D eigenvalue weighted by Crippen LogP contribution is -1.95. The summed E-state index contributed by atoms with van der Waals surface area (Å²) in [4.78, 5) is 0. The van der Waals surface area contributed by atoms with Crippen LogP contribution in [0.25, 0.3) is 0 Å². The van der Waals surface area contributed by atoms with Crippen molar-refractivity contribution in [3.05, 3.63) is 17.9 Å². The van der Waals surface area contributed by atoms with Crippen molar-refractivity contribution in [1.82, 2.24) is 0 Å². The molecule has 0 aromatic rings. The number of hydrogen-bond acceptors (Lipinski definition) is 0. The molecule has 0 aromatic carbocycles. The van der Waals surface area contributed by atoms with Gasteiger partial charge in [-0.2, -0.15) is 0 Å². The lowest BCUT2D eigenvalue weighted by atomic mass is 9.95. The summed E-state index contributed by atoms with van der Waals surface area (Å²) in [6.45, 7) is 6.08. The molecule has 0 bridgehead atoms. The van der Waals surface area contributed by atoms with Crippen molar-refractivity contribution in [3.8, 4) is 0 Å². The molecule has 0 nitrogen and oxygen atoms in total. The highest BCUT2D eigenvalue weighted by molar-refractivity contribution is 5.00. The molecule has 0 unspecified atom stereocenters. The van der Waals surface area contributed by atoms with Gasteiger partial charge in [-0.15, -0.1) is 5.73 Å². The monoisotopic (exact) mass is 192 g/mol. The van der Waals surface area contributed by atoms with Crippen LogP contribution in [0.4, 0.5) is 0 Å².